The number of carboxylic acids is 1. The molecular formula is C14H15ClFNO3. The molecular weight excluding hydrogens is 285 g/mol. The molecule has 0 spiro atoms. The summed E-state index contributed by atoms with van der Waals surface area (Å²) in [4.78, 5) is 22.9. The molecule has 1 aromatic rings. The summed E-state index contributed by atoms with van der Waals surface area (Å²) in [5, 5.41) is 11.7. The molecule has 1 saturated carbocycles. The van der Waals surface area contributed by atoms with Crippen LogP contribution in [0.5, 0.6) is 0 Å². The van der Waals surface area contributed by atoms with Crippen molar-refractivity contribution in [3.8, 4) is 0 Å². The van der Waals surface area contributed by atoms with E-state index in [4.69, 9.17) is 16.7 Å². The fourth-order valence-corrected chi connectivity index (χ4v) is 2.64. The van der Waals surface area contributed by atoms with E-state index in [1.165, 1.54) is 12.1 Å². The molecule has 1 fully saturated rings. The number of amides is 1. The smallest absolute Gasteiger partial charge is 0.306 e. The summed E-state index contributed by atoms with van der Waals surface area (Å²) < 4.78 is 12.9. The predicted molar refractivity (Wildman–Crippen MR) is 73.1 cm³/mol. The van der Waals surface area contributed by atoms with Crippen LogP contribution in [-0.4, -0.2) is 17.0 Å². The molecule has 0 radical (unpaired) electrons. The van der Waals surface area contributed by atoms with Crippen LogP contribution in [0, 0.1) is 17.7 Å². The SMILES string of the molecule is O=C(O)C1CCC(C(=O)Nc2ccc(F)cc2Cl)CC1. The average Bonchev–Trinajstić information content (AvgIpc) is 2.42. The van der Waals surface area contributed by atoms with Crippen LogP contribution in [0.15, 0.2) is 18.2 Å². The Kier molecular flexibility index (Phi) is 4.60. The Hall–Kier alpha value is -1.62. The second-order valence-electron chi connectivity index (χ2n) is 5.00. The molecule has 4 nitrogen and oxygen atoms in total. The normalized spacial score (nSPS) is 22.3. The zero-order chi connectivity index (χ0) is 14.7. The van der Waals surface area contributed by atoms with E-state index in [2.05, 4.69) is 5.32 Å². The first-order chi connectivity index (χ1) is 9.47. The topological polar surface area (TPSA) is 66.4 Å². The molecule has 0 bridgehead atoms. The zero-order valence-corrected chi connectivity index (χ0v) is 11.5. The van der Waals surface area contributed by atoms with Crippen LogP contribution in [0.2, 0.25) is 5.02 Å². The number of rotatable bonds is 3. The third kappa shape index (κ3) is 3.48. The number of hydrogen-bond acceptors (Lipinski definition) is 2. The summed E-state index contributed by atoms with van der Waals surface area (Å²) in [7, 11) is 0. The lowest BCUT2D eigenvalue weighted by Crippen LogP contribution is -2.29. The minimum absolute atomic E-state index is 0.151. The van der Waals surface area contributed by atoms with Crippen LogP contribution in [-0.2, 0) is 9.59 Å². The number of carbonyl (C=O) groups excluding carboxylic acids is 1. The number of halogens is 2. The number of carboxylic acid groups (broad SMARTS) is 1. The van der Waals surface area contributed by atoms with E-state index < -0.39 is 11.8 Å². The standard InChI is InChI=1S/C14H15ClFNO3/c15-11-7-10(16)5-6-12(11)17-13(18)8-1-3-9(4-2-8)14(19)20/h5-9H,1-4H2,(H,17,18)(H,19,20). The first-order valence-electron chi connectivity index (χ1n) is 6.46. The fraction of sp³-hybridized carbons (Fsp3) is 0.429. The minimum Gasteiger partial charge on any atom is -0.481 e. The molecule has 1 aromatic carbocycles. The van der Waals surface area contributed by atoms with E-state index in [1.54, 1.807) is 0 Å². The first kappa shape index (κ1) is 14.8. The minimum atomic E-state index is -0.801. The van der Waals surface area contributed by atoms with Crippen molar-refractivity contribution in [2.45, 2.75) is 25.7 Å². The molecule has 108 valence electrons. The van der Waals surface area contributed by atoms with Crippen molar-refractivity contribution in [1.29, 1.82) is 0 Å². The highest BCUT2D eigenvalue weighted by molar-refractivity contribution is 6.33. The maximum Gasteiger partial charge on any atom is 0.306 e. The highest BCUT2D eigenvalue weighted by Crippen LogP contribution is 2.31. The van der Waals surface area contributed by atoms with E-state index in [0.717, 1.165) is 6.07 Å². The lowest BCUT2D eigenvalue weighted by atomic mass is 9.81. The summed E-state index contributed by atoms with van der Waals surface area (Å²) in [5.41, 5.74) is 0.374. The van der Waals surface area contributed by atoms with Gasteiger partial charge in [0.05, 0.1) is 16.6 Å². The highest BCUT2D eigenvalue weighted by atomic mass is 35.5. The number of nitrogens with one attached hydrogen (secondary N) is 1. The van der Waals surface area contributed by atoms with Crippen molar-refractivity contribution in [3.05, 3.63) is 29.0 Å². The number of hydrogen-bond donors (Lipinski definition) is 2. The van der Waals surface area contributed by atoms with Gasteiger partial charge in [-0.05, 0) is 43.9 Å². The Morgan fingerprint density at radius 3 is 2.35 bits per heavy atom. The van der Waals surface area contributed by atoms with E-state index >= 15 is 0 Å². The zero-order valence-electron chi connectivity index (χ0n) is 10.7. The highest BCUT2D eigenvalue weighted by Gasteiger charge is 2.29. The van der Waals surface area contributed by atoms with Gasteiger partial charge >= 0.3 is 5.97 Å². The van der Waals surface area contributed by atoms with Gasteiger partial charge in [-0.3, -0.25) is 9.59 Å². The number of anilines is 1. The quantitative estimate of drug-likeness (QED) is 0.900. The Morgan fingerprint density at radius 2 is 1.80 bits per heavy atom. The summed E-state index contributed by atoms with van der Waals surface area (Å²) in [6.45, 7) is 0. The van der Waals surface area contributed by atoms with Crippen molar-refractivity contribution in [2.75, 3.05) is 5.32 Å². The summed E-state index contributed by atoms with van der Waals surface area (Å²) in [5.74, 6) is -2.03. The molecule has 2 rings (SSSR count). The van der Waals surface area contributed by atoms with Crippen LogP contribution in [0.1, 0.15) is 25.7 Å². The molecule has 0 heterocycles. The van der Waals surface area contributed by atoms with E-state index in [-0.39, 0.29) is 22.8 Å². The predicted octanol–water partition coefficient (Wildman–Crippen LogP) is 3.31. The molecule has 1 amide bonds. The molecule has 20 heavy (non-hydrogen) atoms. The molecule has 0 aliphatic heterocycles. The summed E-state index contributed by atoms with van der Waals surface area (Å²) in [6, 6.07) is 3.78. The van der Waals surface area contributed by atoms with E-state index in [0.29, 0.717) is 31.4 Å². The second kappa shape index (κ2) is 6.22. The van der Waals surface area contributed by atoms with Crippen LogP contribution >= 0.6 is 11.6 Å². The van der Waals surface area contributed by atoms with Crippen molar-refractivity contribution in [3.63, 3.8) is 0 Å². The van der Waals surface area contributed by atoms with Crippen LogP contribution in [0.25, 0.3) is 0 Å². The van der Waals surface area contributed by atoms with Crippen molar-refractivity contribution in [1.82, 2.24) is 0 Å². The van der Waals surface area contributed by atoms with Crippen molar-refractivity contribution in [2.24, 2.45) is 11.8 Å². The van der Waals surface area contributed by atoms with Gasteiger partial charge in [0.25, 0.3) is 0 Å². The Balaban J connectivity index is 1.94. The van der Waals surface area contributed by atoms with E-state index in [9.17, 15) is 14.0 Å². The first-order valence-corrected chi connectivity index (χ1v) is 6.84. The molecule has 2 N–H and O–H groups in total. The third-order valence-electron chi connectivity index (χ3n) is 3.64. The van der Waals surface area contributed by atoms with Crippen molar-refractivity contribution < 1.29 is 19.1 Å². The van der Waals surface area contributed by atoms with Crippen molar-refractivity contribution >= 4 is 29.2 Å². The molecule has 0 unspecified atom stereocenters. The average molecular weight is 300 g/mol. The molecule has 6 heteroatoms. The third-order valence-corrected chi connectivity index (χ3v) is 3.95. The van der Waals surface area contributed by atoms with Crippen LogP contribution in [0.3, 0.4) is 0 Å². The number of carbonyl (C=O) groups is 2. The Morgan fingerprint density at radius 1 is 1.20 bits per heavy atom. The second-order valence-corrected chi connectivity index (χ2v) is 5.41. The lowest BCUT2D eigenvalue weighted by Gasteiger charge is -2.25. The maximum absolute atomic E-state index is 12.9. The maximum atomic E-state index is 12.9. The molecule has 0 saturated heterocycles. The number of benzene rings is 1. The van der Waals surface area contributed by atoms with Gasteiger partial charge in [-0.1, -0.05) is 11.6 Å². The largest absolute Gasteiger partial charge is 0.481 e. The number of aliphatic carboxylic acids is 1. The molecule has 1 aliphatic rings. The lowest BCUT2D eigenvalue weighted by molar-refractivity contribution is -0.143. The molecule has 1 aliphatic carbocycles. The fourth-order valence-electron chi connectivity index (χ4n) is 2.43. The monoisotopic (exact) mass is 299 g/mol. The van der Waals surface area contributed by atoms with Gasteiger partial charge in [0.1, 0.15) is 5.82 Å². The Bertz CT molecular complexity index is 527. The van der Waals surface area contributed by atoms with Gasteiger partial charge in [-0.15, -0.1) is 0 Å². The Labute approximate surface area is 120 Å². The van der Waals surface area contributed by atoms with Gasteiger partial charge < -0.3 is 10.4 Å². The van der Waals surface area contributed by atoms with Gasteiger partial charge in [-0.25, -0.2) is 4.39 Å². The van der Waals surface area contributed by atoms with Crippen LogP contribution in [0.4, 0.5) is 10.1 Å². The van der Waals surface area contributed by atoms with Gasteiger partial charge in [0, 0.05) is 5.92 Å². The van der Waals surface area contributed by atoms with Gasteiger partial charge in [0.15, 0.2) is 0 Å². The summed E-state index contributed by atoms with van der Waals surface area (Å²) >= 11 is 5.84. The van der Waals surface area contributed by atoms with Crippen LogP contribution < -0.4 is 5.32 Å². The molecule has 0 atom stereocenters. The van der Waals surface area contributed by atoms with E-state index in [1.807, 2.05) is 0 Å². The molecule has 0 aromatic heterocycles. The van der Waals surface area contributed by atoms with Gasteiger partial charge in [-0.2, -0.15) is 0 Å². The van der Waals surface area contributed by atoms with Gasteiger partial charge in [0.2, 0.25) is 5.91 Å². The summed E-state index contributed by atoms with van der Waals surface area (Å²) in [6.07, 6.45) is 2.10.